The minimum Gasteiger partial charge on any atom is -0.508 e. The Bertz CT molecular complexity index is 448. The van der Waals surface area contributed by atoms with Gasteiger partial charge in [-0.15, -0.1) is 0 Å². The van der Waals surface area contributed by atoms with Crippen LogP contribution in [0, 0.1) is 0 Å². The van der Waals surface area contributed by atoms with Gasteiger partial charge in [0, 0.05) is 24.2 Å². The highest BCUT2D eigenvalue weighted by Crippen LogP contribution is 2.18. The summed E-state index contributed by atoms with van der Waals surface area (Å²) in [5.41, 5.74) is 0.681. The van der Waals surface area contributed by atoms with E-state index in [1.54, 1.807) is 18.2 Å². The van der Waals surface area contributed by atoms with Gasteiger partial charge in [0.05, 0.1) is 6.42 Å². The number of carbonyl (C=O) groups excluding carboxylic acids is 1. The molecule has 2 N–H and O–H groups in total. The summed E-state index contributed by atoms with van der Waals surface area (Å²) in [7, 11) is 2.12. The molecule has 1 aromatic rings. The molecule has 1 aromatic carbocycles. The number of piperidine rings is 1. The fraction of sp³-hybridized carbons (Fsp3) is 0.533. The molecular weight excluding hydrogens is 240 g/mol. The van der Waals surface area contributed by atoms with Crippen LogP contribution in [-0.2, 0) is 11.2 Å². The Labute approximate surface area is 114 Å². The molecule has 1 fully saturated rings. The van der Waals surface area contributed by atoms with Crippen LogP contribution in [0.3, 0.4) is 0 Å². The van der Waals surface area contributed by atoms with E-state index in [1.807, 2.05) is 6.07 Å². The second-order valence-corrected chi connectivity index (χ2v) is 5.42. The van der Waals surface area contributed by atoms with Gasteiger partial charge in [-0.2, -0.15) is 0 Å². The number of hydrogen-bond donors (Lipinski definition) is 2. The number of likely N-dealkylation sites (tertiary alicyclic amines) is 1. The molecule has 1 aliphatic heterocycles. The lowest BCUT2D eigenvalue weighted by molar-refractivity contribution is -0.121. The molecule has 2 unspecified atom stereocenters. The van der Waals surface area contributed by atoms with E-state index in [-0.39, 0.29) is 24.1 Å². The summed E-state index contributed by atoms with van der Waals surface area (Å²) in [5.74, 6) is 0.178. The summed E-state index contributed by atoms with van der Waals surface area (Å²) >= 11 is 0. The predicted octanol–water partition coefficient (Wildman–Crippen LogP) is 1.53. The van der Waals surface area contributed by atoms with Crippen molar-refractivity contribution in [2.24, 2.45) is 0 Å². The lowest BCUT2D eigenvalue weighted by Gasteiger charge is -2.35. The molecule has 0 bridgehead atoms. The third kappa shape index (κ3) is 3.70. The van der Waals surface area contributed by atoms with Gasteiger partial charge in [0.1, 0.15) is 5.75 Å². The normalized spacial score (nSPS) is 24.1. The fourth-order valence-corrected chi connectivity index (χ4v) is 2.53. The van der Waals surface area contributed by atoms with Crippen LogP contribution in [0.15, 0.2) is 24.3 Å². The smallest absolute Gasteiger partial charge is 0.224 e. The highest BCUT2D eigenvalue weighted by molar-refractivity contribution is 5.79. The highest BCUT2D eigenvalue weighted by atomic mass is 16.3. The molecule has 0 aliphatic carbocycles. The average Bonchev–Trinajstić information content (AvgIpc) is 2.37. The number of phenolic OH excluding ortho intramolecular Hbond substituents is 1. The topological polar surface area (TPSA) is 52.6 Å². The van der Waals surface area contributed by atoms with Crippen molar-refractivity contribution in [3.8, 4) is 5.75 Å². The first-order chi connectivity index (χ1) is 9.06. The number of aromatic hydroxyl groups is 1. The molecule has 1 amide bonds. The van der Waals surface area contributed by atoms with Crippen LogP contribution in [0.1, 0.15) is 25.3 Å². The first-order valence-electron chi connectivity index (χ1n) is 6.82. The van der Waals surface area contributed by atoms with E-state index >= 15 is 0 Å². The van der Waals surface area contributed by atoms with Gasteiger partial charge in [0.2, 0.25) is 5.91 Å². The number of rotatable bonds is 3. The van der Waals surface area contributed by atoms with Crippen LogP contribution < -0.4 is 5.32 Å². The Morgan fingerprint density at radius 1 is 1.47 bits per heavy atom. The summed E-state index contributed by atoms with van der Waals surface area (Å²) in [5, 5.41) is 12.7. The van der Waals surface area contributed by atoms with Gasteiger partial charge < -0.3 is 15.3 Å². The second-order valence-electron chi connectivity index (χ2n) is 5.42. The van der Waals surface area contributed by atoms with Crippen LogP contribution in [0.4, 0.5) is 0 Å². The van der Waals surface area contributed by atoms with E-state index in [1.165, 1.54) is 0 Å². The molecule has 0 spiro atoms. The lowest BCUT2D eigenvalue weighted by atomic mass is 9.98. The van der Waals surface area contributed by atoms with Crippen molar-refractivity contribution in [2.45, 2.75) is 38.3 Å². The molecule has 19 heavy (non-hydrogen) atoms. The van der Waals surface area contributed by atoms with Crippen molar-refractivity contribution in [3.63, 3.8) is 0 Å². The van der Waals surface area contributed by atoms with Crippen LogP contribution in [0.25, 0.3) is 0 Å². The van der Waals surface area contributed by atoms with Crippen LogP contribution in [0.5, 0.6) is 5.75 Å². The van der Waals surface area contributed by atoms with Crippen molar-refractivity contribution in [1.82, 2.24) is 10.2 Å². The molecule has 0 aromatic heterocycles. The Morgan fingerprint density at radius 2 is 2.21 bits per heavy atom. The van der Waals surface area contributed by atoms with Crippen molar-refractivity contribution in [3.05, 3.63) is 29.8 Å². The maximum atomic E-state index is 12.0. The Hall–Kier alpha value is -1.55. The first kappa shape index (κ1) is 13.9. The largest absolute Gasteiger partial charge is 0.508 e. The Balaban J connectivity index is 1.87. The molecule has 1 saturated heterocycles. The summed E-state index contributed by atoms with van der Waals surface area (Å²) in [4.78, 5) is 14.3. The molecule has 2 atom stereocenters. The van der Waals surface area contributed by atoms with Gasteiger partial charge in [0.25, 0.3) is 0 Å². The SMILES string of the molecule is CC1CC(NC(=O)Cc2ccccc2O)CCN1C. The van der Waals surface area contributed by atoms with Crippen LogP contribution in [-0.4, -0.2) is 41.6 Å². The molecule has 1 heterocycles. The van der Waals surface area contributed by atoms with E-state index in [2.05, 4.69) is 24.2 Å². The third-order valence-electron chi connectivity index (χ3n) is 3.92. The van der Waals surface area contributed by atoms with Gasteiger partial charge in [-0.05, 0) is 32.9 Å². The maximum Gasteiger partial charge on any atom is 0.224 e. The minimum absolute atomic E-state index is 0.0109. The van der Waals surface area contributed by atoms with Gasteiger partial charge in [-0.25, -0.2) is 0 Å². The standard InChI is InChI=1S/C15H22N2O2/c1-11-9-13(7-8-17(11)2)16-15(19)10-12-5-3-4-6-14(12)18/h3-6,11,13,18H,7-10H2,1-2H3,(H,16,19). The van der Waals surface area contributed by atoms with E-state index in [0.29, 0.717) is 11.6 Å². The van der Waals surface area contributed by atoms with Gasteiger partial charge in [0.15, 0.2) is 0 Å². The molecule has 2 rings (SSSR count). The molecule has 0 saturated carbocycles. The average molecular weight is 262 g/mol. The van der Waals surface area contributed by atoms with Gasteiger partial charge >= 0.3 is 0 Å². The quantitative estimate of drug-likeness (QED) is 0.868. The number of phenols is 1. The number of amides is 1. The molecular formula is C15H22N2O2. The predicted molar refractivity (Wildman–Crippen MR) is 75.1 cm³/mol. The fourth-order valence-electron chi connectivity index (χ4n) is 2.53. The Morgan fingerprint density at radius 3 is 2.89 bits per heavy atom. The maximum absolute atomic E-state index is 12.0. The van der Waals surface area contributed by atoms with Crippen molar-refractivity contribution in [1.29, 1.82) is 0 Å². The molecule has 4 nitrogen and oxygen atoms in total. The summed E-state index contributed by atoms with van der Waals surface area (Å²) < 4.78 is 0. The van der Waals surface area contributed by atoms with Gasteiger partial charge in [-0.1, -0.05) is 18.2 Å². The highest BCUT2D eigenvalue weighted by Gasteiger charge is 2.23. The van der Waals surface area contributed by atoms with Crippen LogP contribution >= 0.6 is 0 Å². The minimum atomic E-state index is -0.0109. The second kappa shape index (κ2) is 6.06. The van der Waals surface area contributed by atoms with E-state index in [0.717, 1.165) is 19.4 Å². The first-order valence-corrected chi connectivity index (χ1v) is 6.82. The van der Waals surface area contributed by atoms with Crippen molar-refractivity contribution in [2.75, 3.05) is 13.6 Å². The van der Waals surface area contributed by atoms with Crippen molar-refractivity contribution < 1.29 is 9.90 Å². The number of carbonyl (C=O) groups is 1. The molecule has 1 aliphatic rings. The zero-order valence-corrected chi connectivity index (χ0v) is 11.6. The summed E-state index contributed by atoms with van der Waals surface area (Å²) in [6.07, 6.45) is 2.23. The van der Waals surface area contributed by atoms with Gasteiger partial charge in [-0.3, -0.25) is 4.79 Å². The van der Waals surface area contributed by atoms with E-state index in [4.69, 9.17) is 0 Å². The Kier molecular flexibility index (Phi) is 4.43. The molecule has 4 heteroatoms. The van der Waals surface area contributed by atoms with Crippen LogP contribution in [0.2, 0.25) is 0 Å². The monoisotopic (exact) mass is 262 g/mol. The third-order valence-corrected chi connectivity index (χ3v) is 3.92. The number of nitrogens with zero attached hydrogens (tertiary/aromatic N) is 1. The number of benzene rings is 1. The van der Waals surface area contributed by atoms with Crippen molar-refractivity contribution >= 4 is 5.91 Å². The van der Waals surface area contributed by atoms with E-state index in [9.17, 15) is 9.90 Å². The zero-order chi connectivity index (χ0) is 13.8. The number of hydrogen-bond acceptors (Lipinski definition) is 3. The zero-order valence-electron chi connectivity index (χ0n) is 11.6. The number of nitrogens with one attached hydrogen (secondary N) is 1. The molecule has 0 radical (unpaired) electrons. The number of para-hydroxylation sites is 1. The summed E-state index contributed by atoms with van der Waals surface area (Å²) in [6.45, 7) is 3.20. The van der Waals surface area contributed by atoms with E-state index < -0.39 is 0 Å². The lowest BCUT2D eigenvalue weighted by Crippen LogP contribution is -2.47. The summed E-state index contributed by atoms with van der Waals surface area (Å²) in [6, 6.07) is 7.75. The molecule has 104 valence electrons.